The van der Waals surface area contributed by atoms with Gasteiger partial charge in [0.2, 0.25) is 0 Å². The average molecular weight is 264 g/mol. The van der Waals surface area contributed by atoms with Gasteiger partial charge in [-0.1, -0.05) is 32.4 Å². The van der Waals surface area contributed by atoms with Crippen LogP contribution in [0.3, 0.4) is 0 Å². The maximum Gasteiger partial charge on any atom is 0.0982 e. The number of hydrogen-bond acceptors (Lipinski definition) is 3. The van der Waals surface area contributed by atoms with Crippen molar-refractivity contribution < 1.29 is 0 Å². The molecule has 0 aromatic carbocycles. The van der Waals surface area contributed by atoms with Crippen LogP contribution < -0.4 is 5.32 Å². The molecule has 0 atom stereocenters. The first-order chi connectivity index (χ1) is 8.55. The highest BCUT2D eigenvalue weighted by atomic mass is 32.1. The molecule has 1 N–H and O–H groups in total. The molecule has 18 heavy (non-hydrogen) atoms. The summed E-state index contributed by atoms with van der Waals surface area (Å²) in [6.07, 6.45) is 7.57. The molecule has 0 amide bonds. The van der Waals surface area contributed by atoms with Crippen LogP contribution in [-0.4, -0.2) is 11.5 Å². The van der Waals surface area contributed by atoms with Crippen molar-refractivity contribution in [1.29, 1.82) is 0 Å². The van der Waals surface area contributed by atoms with Gasteiger partial charge < -0.3 is 5.32 Å². The molecule has 2 rings (SSSR count). The number of aromatic nitrogens is 1. The fraction of sp³-hybridized carbons (Fsp3) is 0.667. The lowest BCUT2D eigenvalue weighted by Gasteiger charge is -2.13. The van der Waals surface area contributed by atoms with E-state index < -0.39 is 0 Å². The normalized spacial score (nSPS) is 16.1. The van der Waals surface area contributed by atoms with Gasteiger partial charge in [-0.15, -0.1) is 11.3 Å². The Labute approximate surface area is 115 Å². The summed E-state index contributed by atoms with van der Waals surface area (Å²) in [4.78, 5) is 4.69. The Morgan fingerprint density at radius 1 is 1.39 bits per heavy atom. The van der Waals surface area contributed by atoms with E-state index in [1.807, 2.05) is 0 Å². The molecule has 1 aliphatic carbocycles. The Morgan fingerprint density at radius 3 is 2.83 bits per heavy atom. The fourth-order valence-electron chi connectivity index (χ4n) is 2.16. The van der Waals surface area contributed by atoms with Crippen LogP contribution in [0.1, 0.15) is 57.2 Å². The van der Waals surface area contributed by atoms with Crippen molar-refractivity contribution in [3.8, 4) is 0 Å². The molecule has 3 heteroatoms. The third kappa shape index (κ3) is 3.92. The van der Waals surface area contributed by atoms with Gasteiger partial charge in [-0.25, -0.2) is 4.98 Å². The smallest absolute Gasteiger partial charge is 0.0982 e. The number of allylic oxidation sites excluding steroid dienone is 1. The van der Waals surface area contributed by atoms with E-state index in [-0.39, 0.29) is 5.41 Å². The number of hydrogen-bond donors (Lipinski definition) is 1. The first kappa shape index (κ1) is 13.8. The fourth-order valence-corrected chi connectivity index (χ4v) is 3.07. The van der Waals surface area contributed by atoms with Crippen molar-refractivity contribution in [2.24, 2.45) is 0 Å². The molecule has 1 aliphatic rings. The minimum atomic E-state index is 0.178. The molecule has 2 nitrogen and oxygen atoms in total. The van der Waals surface area contributed by atoms with Crippen molar-refractivity contribution >= 4 is 11.3 Å². The SMILES string of the molecule is CC(C)(C)c1nc(CNCCC2=CCCC2)cs1. The second kappa shape index (κ2) is 5.98. The Kier molecular flexibility index (Phi) is 4.57. The number of thiazole rings is 1. The van der Waals surface area contributed by atoms with Crippen LogP contribution >= 0.6 is 11.3 Å². The molecule has 0 unspecified atom stereocenters. The van der Waals surface area contributed by atoms with E-state index in [1.54, 1.807) is 16.9 Å². The highest BCUT2D eigenvalue weighted by Gasteiger charge is 2.17. The predicted molar refractivity (Wildman–Crippen MR) is 79.1 cm³/mol. The Morgan fingerprint density at radius 2 is 2.22 bits per heavy atom. The van der Waals surface area contributed by atoms with Crippen molar-refractivity contribution in [2.45, 2.75) is 58.4 Å². The molecule has 0 aliphatic heterocycles. The van der Waals surface area contributed by atoms with Crippen molar-refractivity contribution in [3.05, 3.63) is 27.7 Å². The Hall–Kier alpha value is -0.670. The molecular weight excluding hydrogens is 240 g/mol. The van der Waals surface area contributed by atoms with Crippen LogP contribution in [0.25, 0.3) is 0 Å². The number of rotatable bonds is 5. The maximum absolute atomic E-state index is 4.69. The van der Waals surface area contributed by atoms with Gasteiger partial charge in [0.1, 0.15) is 0 Å². The summed E-state index contributed by atoms with van der Waals surface area (Å²) >= 11 is 1.78. The predicted octanol–water partition coefficient (Wildman–Crippen LogP) is 4.03. The molecule has 0 saturated carbocycles. The molecular formula is C15H24N2S. The molecule has 0 saturated heterocycles. The molecule has 1 aromatic rings. The molecule has 0 spiro atoms. The number of nitrogens with zero attached hydrogens (tertiary/aromatic N) is 1. The van der Waals surface area contributed by atoms with E-state index in [0.717, 1.165) is 13.1 Å². The molecule has 100 valence electrons. The summed E-state index contributed by atoms with van der Waals surface area (Å²) in [5, 5.41) is 6.91. The summed E-state index contributed by atoms with van der Waals surface area (Å²) in [5.74, 6) is 0. The molecule has 0 radical (unpaired) electrons. The van der Waals surface area contributed by atoms with Gasteiger partial charge in [0.25, 0.3) is 0 Å². The molecule has 0 fully saturated rings. The summed E-state index contributed by atoms with van der Waals surface area (Å²) < 4.78 is 0. The highest BCUT2D eigenvalue weighted by molar-refractivity contribution is 7.09. The second-order valence-corrected chi connectivity index (χ2v) is 6.93. The monoisotopic (exact) mass is 264 g/mol. The van der Waals surface area contributed by atoms with E-state index in [0.29, 0.717) is 0 Å². The van der Waals surface area contributed by atoms with Crippen LogP contribution in [0, 0.1) is 0 Å². The largest absolute Gasteiger partial charge is 0.311 e. The quantitative estimate of drug-likeness (QED) is 0.641. The van der Waals surface area contributed by atoms with E-state index in [4.69, 9.17) is 4.98 Å². The van der Waals surface area contributed by atoms with Gasteiger partial charge in [-0.2, -0.15) is 0 Å². The van der Waals surface area contributed by atoms with Crippen LogP contribution in [0.15, 0.2) is 17.0 Å². The van der Waals surface area contributed by atoms with E-state index in [2.05, 4.69) is 37.5 Å². The van der Waals surface area contributed by atoms with Crippen molar-refractivity contribution in [3.63, 3.8) is 0 Å². The van der Waals surface area contributed by atoms with E-state index in [9.17, 15) is 0 Å². The number of nitrogens with one attached hydrogen (secondary N) is 1. The van der Waals surface area contributed by atoms with E-state index >= 15 is 0 Å². The summed E-state index contributed by atoms with van der Waals surface area (Å²) in [6, 6.07) is 0. The van der Waals surface area contributed by atoms with Crippen LogP contribution in [0.2, 0.25) is 0 Å². The van der Waals surface area contributed by atoms with Crippen molar-refractivity contribution in [2.75, 3.05) is 6.54 Å². The first-order valence-corrected chi connectivity index (χ1v) is 7.77. The van der Waals surface area contributed by atoms with Gasteiger partial charge in [0.05, 0.1) is 10.7 Å². The van der Waals surface area contributed by atoms with Gasteiger partial charge in [0, 0.05) is 17.3 Å². The lowest BCUT2D eigenvalue weighted by molar-refractivity contribution is 0.579. The van der Waals surface area contributed by atoms with Crippen molar-refractivity contribution in [1.82, 2.24) is 10.3 Å². The Bertz CT molecular complexity index is 412. The van der Waals surface area contributed by atoms with Crippen LogP contribution in [-0.2, 0) is 12.0 Å². The third-order valence-corrected chi connectivity index (χ3v) is 4.57. The minimum Gasteiger partial charge on any atom is -0.311 e. The van der Waals surface area contributed by atoms with Gasteiger partial charge in [-0.05, 0) is 32.2 Å². The average Bonchev–Trinajstić information content (AvgIpc) is 2.95. The van der Waals surface area contributed by atoms with E-state index in [1.165, 1.54) is 36.4 Å². The van der Waals surface area contributed by atoms with Crippen LogP contribution in [0.5, 0.6) is 0 Å². The van der Waals surface area contributed by atoms with Gasteiger partial charge in [-0.3, -0.25) is 0 Å². The summed E-state index contributed by atoms with van der Waals surface area (Å²) in [7, 11) is 0. The second-order valence-electron chi connectivity index (χ2n) is 6.08. The van der Waals surface area contributed by atoms with Gasteiger partial charge in [0.15, 0.2) is 0 Å². The lowest BCUT2D eigenvalue weighted by atomic mass is 9.98. The molecule has 0 bridgehead atoms. The molecule has 1 aromatic heterocycles. The first-order valence-electron chi connectivity index (χ1n) is 6.89. The Balaban J connectivity index is 1.71. The topological polar surface area (TPSA) is 24.9 Å². The zero-order valence-electron chi connectivity index (χ0n) is 11.8. The zero-order chi connectivity index (χ0) is 13.0. The maximum atomic E-state index is 4.69. The zero-order valence-corrected chi connectivity index (χ0v) is 12.6. The van der Waals surface area contributed by atoms with Gasteiger partial charge >= 0.3 is 0 Å². The summed E-state index contributed by atoms with van der Waals surface area (Å²) in [6.45, 7) is 8.63. The third-order valence-electron chi connectivity index (χ3n) is 3.26. The lowest BCUT2D eigenvalue weighted by Crippen LogP contribution is -2.16. The van der Waals surface area contributed by atoms with Crippen LogP contribution in [0.4, 0.5) is 0 Å². The minimum absolute atomic E-state index is 0.178. The highest BCUT2D eigenvalue weighted by Crippen LogP contribution is 2.25. The standard InChI is InChI=1S/C15H24N2S/c1-15(2,3)14-17-13(11-18-14)10-16-9-8-12-6-4-5-7-12/h6,11,16H,4-5,7-10H2,1-3H3. The summed E-state index contributed by atoms with van der Waals surface area (Å²) in [5.41, 5.74) is 3.00. The molecule has 1 heterocycles.